The Kier molecular flexibility index (Phi) is 4.72. The number of benzene rings is 2. The van der Waals surface area contributed by atoms with Crippen LogP contribution in [0.15, 0.2) is 61.1 Å². The lowest BCUT2D eigenvalue weighted by molar-refractivity contribution is -0.117. The Morgan fingerprint density at radius 1 is 1.07 bits per heavy atom. The number of carbonyl (C=O) groups excluding carboxylic acids is 2. The molecule has 7 nitrogen and oxygen atoms in total. The number of amides is 2. The Bertz CT molecular complexity index is 1020. The van der Waals surface area contributed by atoms with E-state index in [1.165, 1.54) is 13.4 Å². The van der Waals surface area contributed by atoms with Crippen LogP contribution in [0.5, 0.6) is 5.75 Å². The van der Waals surface area contributed by atoms with Gasteiger partial charge in [-0.1, -0.05) is 24.3 Å². The smallest absolute Gasteiger partial charge is 0.254 e. The number of aromatic nitrogens is 2. The molecule has 1 aliphatic heterocycles. The molecule has 0 fully saturated rings. The third-order valence-corrected chi connectivity index (χ3v) is 4.62. The molecule has 1 aromatic heterocycles. The lowest BCUT2D eigenvalue weighted by Gasteiger charge is -2.15. The number of rotatable bonds is 4. The van der Waals surface area contributed by atoms with Gasteiger partial charge in [0.05, 0.1) is 24.1 Å². The highest BCUT2D eigenvalue weighted by atomic mass is 16.5. The second kappa shape index (κ2) is 7.48. The van der Waals surface area contributed by atoms with Crippen LogP contribution in [-0.4, -0.2) is 34.9 Å². The van der Waals surface area contributed by atoms with E-state index in [1.807, 2.05) is 30.3 Å². The van der Waals surface area contributed by atoms with E-state index in [-0.39, 0.29) is 11.8 Å². The van der Waals surface area contributed by atoms with Gasteiger partial charge in [-0.25, -0.2) is 9.97 Å². The van der Waals surface area contributed by atoms with Crippen LogP contribution in [0.2, 0.25) is 0 Å². The third-order valence-electron chi connectivity index (χ3n) is 4.62. The molecule has 0 aliphatic carbocycles. The fourth-order valence-electron chi connectivity index (χ4n) is 3.12. The molecule has 0 bridgehead atoms. The second-order valence-corrected chi connectivity index (χ2v) is 6.42. The molecule has 4 rings (SSSR count). The minimum atomic E-state index is -0.671. The van der Waals surface area contributed by atoms with Crippen molar-refractivity contribution in [3.63, 3.8) is 0 Å². The van der Waals surface area contributed by atoms with Gasteiger partial charge >= 0.3 is 0 Å². The molecule has 3 aromatic rings. The van der Waals surface area contributed by atoms with Crippen molar-refractivity contribution < 1.29 is 14.3 Å². The summed E-state index contributed by atoms with van der Waals surface area (Å²) in [5.74, 6) is -0.00564. The first-order valence-electron chi connectivity index (χ1n) is 8.79. The number of hydrogen-bond acceptors (Lipinski definition) is 5. The van der Waals surface area contributed by atoms with E-state index in [0.29, 0.717) is 23.4 Å². The maximum atomic E-state index is 12.6. The van der Waals surface area contributed by atoms with Crippen LogP contribution in [0.25, 0.3) is 11.3 Å². The van der Waals surface area contributed by atoms with Crippen LogP contribution in [0.3, 0.4) is 0 Å². The maximum Gasteiger partial charge on any atom is 0.254 e. The topological polar surface area (TPSA) is 93.2 Å². The Morgan fingerprint density at radius 2 is 1.89 bits per heavy atom. The summed E-state index contributed by atoms with van der Waals surface area (Å²) in [5, 5.41) is 5.62. The summed E-state index contributed by atoms with van der Waals surface area (Å²) < 4.78 is 5.16. The van der Waals surface area contributed by atoms with Gasteiger partial charge in [-0.3, -0.25) is 9.59 Å². The van der Waals surface area contributed by atoms with E-state index < -0.39 is 6.04 Å². The number of carbonyl (C=O) groups is 2. The fourth-order valence-corrected chi connectivity index (χ4v) is 3.12. The highest BCUT2D eigenvalue weighted by Gasteiger charge is 2.28. The predicted octanol–water partition coefficient (Wildman–Crippen LogP) is 2.45. The number of nitrogens with one attached hydrogen (secondary N) is 2. The molecule has 0 spiro atoms. The monoisotopic (exact) mass is 374 g/mol. The van der Waals surface area contributed by atoms with Crippen LogP contribution in [-0.2, 0) is 11.2 Å². The van der Waals surface area contributed by atoms with Gasteiger partial charge in [-0.2, -0.15) is 0 Å². The molecule has 7 heteroatoms. The van der Waals surface area contributed by atoms with Crippen LogP contribution in [0.4, 0.5) is 5.69 Å². The lowest BCUT2D eigenvalue weighted by Crippen LogP contribution is -2.42. The predicted molar refractivity (Wildman–Crippen MR) is 104 cm³/mol. The van der Waals surface area contributed by atoms with Crippen molar-refractivity contribution in [3.8, 4) is 17.0 Å². The molecule has 0 saturated carbocycles. The van der Waals surface area contributed by atoms with Crippen LogP contribution >= 0.6 is 0 Å². The van der Waals surface area contributed by atoms with Gasteiger partial charge in [0, 0.05) is 18.2 Å². The van der Waals surface area contributed by atoms with Gasteiger partial charge in [0.15, 0.2) is 0 Å². The average molecular weight is 374 g/mol. The Morgan fingerprint density at radius 3 is 2.61 bits per heavy atom. The van der Waals surface area contributed by atoms with E-state index in [1.54, 1.807) is 24.4 Å². The summed E-state index contributed by atoms with van der Waals surface area (Å²) in [6.45, 7) is 0. The van der Waals surface area contributed by atoms with Crippen molar-refractivity contribution >= 4 is 17.5 Å². The number of fused-ring (bicyclic) bond motifs is 1. The van der Waals surface area contributed by atoms with Crippen molar-refractivity contribution in [2.45, 2.75) is 12.5 Å². The van der Waals surface area contributed by atoms with Gasteiger partial charge in [0.2, 0.25) is 5.91 Å². The number of nitrogens with zero attached hydrogens (tertiary/aromatic N) is 2. The van der Waals surface area contributed by atoms with Crippen LogP contribution < -0.4 is 15.4 Å². The van der Waals surface area contributed by atoms with Gasteiger partial charge in [0.1, 0.15) is 18.1 Å². The average Bonchev–Trinajstić information content (AvgIpc) is 2.85. The summed E-state index contributed by atoms with van der Waals surface area (Å²) in [6, 6.07) is 13.9. The molecule has 28 heavy (non-hydrogen) atoms. The molecule has 2 amide bonds. The van der Waals surface area contributed by atoms with E-state index in [9.17, 15) is 9.59 Å². The fraction of sp³-hybridized carbons (Fsp3) is 0.143. The molecule has 2 aromatic carbocycles. The van der Waals surface area contributed by atoms with Crippen molar-refractivity contribution in [1.29, 1.82) is 0 Å². The number of hydrogen-bond donors (Lipinski definition) is 2. The SMILES string of the molecule is COc1ccc2c(c1)C(=O)NC(Cc1ccc(-c3ccncn3)cc1)C(=O)N2. The van der Waals surface area contributed by atoms with E-state index in [0.717, 1.165) is 16.8 Å². The molecule has 140 valence electrons. The van der Waals surface area contributed by atoms with Crippen LogP contribution in [0.1, 0.15) is 15.9 Å². The van der Waals surface area contributed by atoms with Crippen molar-refractivity contribution in [3.05, 3.63) is 72.2 Å². The summed E-state index contributed by atoms with van der Waals surface area (Å²) in [4.78, 5) is 33.3. The molecule has 2 N–H and O–H groups in total. The molecule has 1 atom stereocenters. The van der Waals surface area contributed by atoms with Crippen molar-refractivity contribution in [1.82, 2.24) is 15.3 Å². The first-order valence-corrected chi connectivity index (χ1v) is 8.79. The van der Waals surface area contributed by atoms with Gasteiger partial charge < -0.3 is 15.4 Å². The molecular weight excluding hydrogens is 356 g/mol. The highest BCUT2D eigenvalue weighted by Crippen LogP contribution is 2.25. The molecule has 0 radical (unpaired) electrons. The molecule has 2 heterocycles. The highest BCUT2D eigenvalue weighted by molar-refractivity contribution is 6.10. The minimum Gasteiger partial charge on any atom is -0.497 e. The van der Waals surface area contributed by atoms with Gasteiger partial charge in [0.25, 0.3) is 5.91 Å². The zero-order valence-corrected chi connectivity index (χ0v) is 15.2. The quantitative estimate of drug-likeness (QED) is 0.732. The summed E-state index contributed by atoms with van der Waals surface area (Å²) in [6.07, 6.45) is 3.57. The van der Waals surface area contributed by atoms with Crippen molar-refractivity contribution in [2.24, 2.45) is 0 Å². The standard InChI is InChI=1S/C21H18N4O3/c1-28-15-6-7-18-16(11-15)20(26)25-19(21(27)24-18)10-13-2-4-14(5-3-13)17-8-9-22-12-23-17/h2-9,11-12,19H,10H2,1H3,(H,24,27)(H,25,26). The summed E-state index contributed by atoms with van der Waals surface area (Å²) >= 11 is 0. The number of methoxy groups -OCH3 is 1. The van der Waals surface area contributed by atoms with Gasteiger partial charge in [-0.05, 0) is 29.8 Å². The minimum absolute atomic E-state index is 0.253. The maximum absolute atomic E-state index is 12.6. The molecule has 0 saturated heterocycles. The largest absolute Gasteiger partial charge is 0.497 e. The number of anilines is 1. The number of ether oxygens (including phenoxy) is 1. The summed E-state index contributed by atoms with van der Waals surface area (Å²) in [5.41, 5.74) is 3.58. The Balaban J connectivity index is 1.52. The zero-order chi connectivity index (χ0) is 19.5. The second-order valence-electron chi connectivity index (χ2n) is 6.42. The molecule has 1 unspecified atom stereocenters. The first-order chi connectivity index (χ1) is 13.6. The van der Waals surface area contributed by atoms with E-state index in [4.69, 9.17) is 4.74 Å². The normalized spacial score (nSPS) is 15.8. The van der Waals surface area contributed by atoms with E-state index in [2.05, 4.69) is 20.6 Å². The zero-order valence-electron chi connectivity index (χ0n) is 15.2. The first kappa shape index (κ1) is 17.7. The molecular formula is C21H18N4O3. The van der Waals surface area contributed by atoms with Crippen LogP contribution in [0, 0.1) is 0 Å². The van der Waals surface area contributed by atoms with E-state index >= 15 is 0 Å². The Labute approximate surface area is 161 Å². The van der Waals surface area contributed by atoms with Crippen molar-refractivity contribution in [2.75, 3.05) is 12.4 Å². The third kappa shape index (κ3) is 3.55. The van der Waals surface area contributed by atoms with Gasteiger partial charge in [-0.15, -0.1) is 0 Å². The molecule has 1 aliphatic rings. The lowest BCUT2D eigenvalue weighted by atomic mass is 10.0. The Hall–Kier alpha value is -3.74. The summed E-state index contributed by atoms with van der Waals surface area (Å²) in [7, 11) is 1.53.